The minimum atomic E-state index is 0.583. The third-order valence-electron chi connectivity index (χ3n) is 2.90. The summed E-state index contributed by atoms with van der Waals surface area (Å²) in [5.74, 6) is 1.03. The zero-order valence-corrected chi connectivity index (χ0v) is 5.41. The van der Waals surface area contributed by atoms with E-state index in [2.05, 4.69) is 12.2 Å². The van der Waals surface area contributed by atoms with Crippen LogP contribution in [0.2, 0.25) is 0 Å². The van der Waals surface area contributed by atoms with E-state index in [1.807, 2.05) is 0 Å². The largest absolute Gasteiger partial charge is 0.311 e. The van der Waals surface area contributed by atoms with Crippen molar-refractivity contribution in [2.24, 2.45) is 5.92 Å². The monoisotopic (exact) mass is 111 g/mol. The summed E-state index contributed by atoms with van der Waals surface area (Å²) in [6.45, 7) is 3.64. The number of rotatable bonds is 0. The van der Waals surface area contributed by atoms with E-state index >= 15 is 0 Å². The fourth-order valence-electron chi connectivity index (χ4n) is 2.02. The van der Waals surface area contributed by atoms with Gasteiger partial charge in [0.2, 0.25) is 0 Å². The van der Waals surface area contributed by atoms with Gasteiger partial charge in [-0.1, -0.05) is 6.42 Å². The fourth-order valence-corrected chi connectivity index (χ4v) is 2.02. The molecule has 0 spiro atoms. The maximum absolute atomic E-state index is 3.48. The molecule has 0 radical (unpaired) electrons. The van der Waals surface area contributed by atoms with Gasteiger partial charge in [0.1, 0.15) is 0 Å². The summed E-state index contributed by atoms with van der Waals surface area (Å²) >= 11 is 0. The molecule has 2 atom stereocenters. The van der Waals surface area contributed by atoms with Crippen molar-refractivity contribution in [3.8, 4) is 0 Å². The average molecular weight is 111 g/mol. The average Bonchev–Trinajstić information content (AvgIpc) is 1.94. The van der Waals surface area contributed by atoms with Crippen LogP contribution in [0, 0.1) is 5.92 Å². The van der Waals surface area contributed by atoms with Crippen molar-refractivity contribution < 1.29 is 0 Å². The Morgan fingerprint density at radius 3 is 2.75 bits per heavy atom. The Balaban J connectivity index is 2.14. The van der Waals surface area contributed by atoms with Crippen LogP contribution in [-0.4, -0.2) is 12.1 Å². The Bertz CT molecular complexity index is 111. The van der Waals surface area contributed by atoms with Gasteiger partial charge >= 0.3 is 0 Å². The van der Waals surface area contributed by atoms with Gasteiger partial charge < -0.3 is 5.32 Å². The molecule has 1 aliphatic heterocycles. The van der Waals surface area contributed by atoms with Crippen molar-refractivity contribution >= 4 is 0 Å². The predicted molar refractivity (Wildman–Crippen MR) is 33.7 cm³/mol. The van der Waals surface area contributed by atoms with E-state index in [1.165, 1.54) is 25.8 Å². The van der Waals surface area contributed by atoms with Crippen LogP contribution in [0.1, 0.15) is 26.2 Å². The summed E-state index contributed by atoms with van der Waals surface area (Å²) in [6, 6.07) is 0. The molecular weight excluding hydrogens is 98.1 g/mol. The van der Waals surface area contributed by atoms with Crippen LogP contribution in [0.15, 0.2) is 0 Å². The highest BCUT2D eigenvalue weighted by Gasteiger charge is 2.45. The summed E-state index contributed by atoms with van der Waals surface area (Å²) < 4.78 is 0. The van der Waals surface area contributed by atoms with E-state index in [9.17, 15) is 0 Å². The quantitative estimate of drug-likeness (QED) is 0.494. The van der Waals surface area contributed by atoms with Crippen molar-refractivity contribution in [2.75, 3.05) is 6.54 Å². The van der Waals surface area contributed by atoms with Crippen molar-refractivity contribution in [2.45, 2.75) is 31.7 Å². The third-order valence-corrected chi connectivity index (χ3v) is 2.90. The van der Waals surface area contributed by atoms with E-state index in [4.69, 9.17) is 0 Å². The van der Waals surface area contributed by atoms with Crippen molar-refractivity contribution in [1.29, 1.82) is 0 Å². The fraction of sp³-hybridized carbons (Fsp3) is 1.00. The van der Waals surface area contributed by atoms with Gasteiger partial charge in [-0.3, -0.25) is 0 Å². The van der Waals surface area contributed by atoms with Crippen LogP contribution in [0.5, 0.6) is 0 Å². The minimum absolute atomic E-state index is 0.583. The first-order chi connectivity index (χ1) is 3.81. The second-order valence-electron chi connectivity index (χ2n) is 3.39. The smallest absolute Gasteiger partial charge is 0.0193 e. The second kappa shape index (κ2) is 1.27. The molecule has 0 aromatic heterocycles. The first kappa shape index (κ1) is 4.80. The second-order valence-corrected chi connectivity index (χ2v) is 3.39. The van der Waals surface area contributed by atoms with Crippen LogP contribution in [-0.2, 0) is 0 Å². The summed E-state index contributed by atoms with van der Waals surface area (Å²) in [5, 5.41) is 3.48. The molecule has 1 heteroatoms. The van der Waals surface area contributed by atoms with Gasteiger partial charge in [0.15, 0.2) is 0 Å². The highest BCUT2D eigenvalue weighted by molar-refractivity contribution is 5.04. The number of nitrogens with one attached hydrogen (secondary N) is 1. The zero-order chi connectivity index (χ0) is 5.61. The predicted octanol–water partition coefficient (Wildman–Crippen LogP) is 1.15. The van der Waals surface area contributed by atoms with Crippen LogP contribution in [0.3, 0.4) is 0 Å². The van der Waals surface area contributed by atoms with Gasteiger partial charge in [-0.2, -0.15) is 0 Å². The minimum Gasteiger partial charge on any atom is -0.311 e. The van der Waals surface area contributed by atoms with Gasteiger partial charge in [0.25, 0.3) is 0 Å². The van der Waals surface area contributed by atoms with Crippen LogP contribution < -0.4 is 5.32 Å². The lowest BCUT2D eigenvalue weighted by Gasteiger charge is -2.43. The van der Waals surface area contributed by atoms with Crippen LogP contribution in [0.4, 0.5) is 0 Å². The topological polar surface area (TPSA) is 12.0 Å². The van der Waals surface area contributed by atoms with Gasteiger partial charge in [0.05, 0.1) is 0 Å². The molecule has 0 aromatic carbocycles. The molecule has 0 unspecified atom stereocenters. The number of hydrogen-bond acceptors (Lipinski definition) is 1. The lowest BCUT2D eigenvalue weighted by molar-refractivity contribution is 0.157. The molecule has 1 N–H and O–H groups in total. The Kier molecular flexibility index (Phi) is 0.762. The molecule has 8 heavy (non-hydrogen) atoms. The molecular formula is C7H13N. The van der Waals surface area contributed by atoms with Crippen molar-refractivity contribution in [3.05, 3.63) is 0 Å². The molecule has 46 valence electrons. The van der Waals surface area contributed by atoms with Gasteiger partial charge in [-0.15, -0.1) is 0 Å². The van der Waals surface area contributed by atoms with E-state index in [0.29, 0.717) is 5.54 Å². The van der Waals surface area contributed by atoms with Crippen molar-refractivity contribution in [1.82, 2.24) is 5.32 Å². The SMILES string of the molecule is C[C@]12CCC[C@H]1CN2. The molecule has 0 bridgehead atoms. The van der Waals surface area contributed by atoms with E-state index in [0.717, 1.165) is 5.92 Å². The number of fused-ring (bicyclic) bond motifs is 1. The van der Waals surface area contributed by atoms with Crippen molar-refractivity contribution in [3.63, 3.8) is 0 Å². The van der Waals surface area contributed by atoms with Gasteiger partial charge in [-0.25, -0.2) is 0 Å². The molecule has 1 saturated carbocycles. The van der Waals surface area contributed by atoms with E-state index in [-0.39, 0.29) is 0 Å². The Labute approximate surface area is 50.5 Å². The first-order valence-corrected chi connectivity index (χ1v) is 3.56. The lowest BCUT2D eigenvalue weighted by atomic mass is 9.81. The van der Waals surface area contributed by atoms with Gasteiger partial charge in [-0.05, 0) is 25.7 Å². The summed E-state index contributed by atoms with van der Waals surface area (Å²) in [6.07, 6.45) is 4.34. The van der Waals surface area contributed by atoms with Crippen LogP contribution >= 0.6 is 0 Å². The summed E-state index contributed by atoms with van der Waals surface area (Å²) in [7, 11) is 0. The lowest BCUT2D eigenvalue weighted by Crippen LogP contribution is -2.59. The van der Waals surface area contributed by atoms with E-state index in [1.54, 1.807) is 0 Å². The Morgan fingerprint density at radius 1 is 1.62 bits per heavy atom. The maximum Gasteiger partial charge on any atom is 0.0193 e. The molecule has 1 aliphatic carbocycles. The first-order valence-electron chi connectivity index (χ1n) is 3.56. The third kappa shape index (κ3) is 0.408. The molecule has 1 nitrogen and oxygen atoms in total. The molecule has 2 rings (SSSR count). The normalized spacial score (nSPS) is 52.9. The molecule has 0 aromatic rings. The highest BCUT2D eigenvalue weighted by atomic mass is 15.1. The molecule has 1 saturated heterocycles. The Morgan fingerprint density at radius 2 is 2.50 bits per heavy atom. The summed E-state index contributed by atoms with van der Waals surface area (Å²) in [5.41, 5.74) is 0.583. The number of hydrogen-bond donors (Lipinski definition) is 1. The van der Waals surface area contributed by atoms with E-state index < -0.39 is 0 Å². The maximum atomic E-state index is 3.48. The van der Waals surface area contributed by atoms with Crippen LogP contribution in [0.25, 0.3) is 0 Å². The molecule has 2 aliphatic rings. The molecule has 1 heterocycles. The Hall–Kier alpha value is -0.0400. The zero-order valence-electron chi connectivity index (χ0n) is 5.41. The molecule has 0 amide bonds. The van der Waals surface area contributed by atoms with Gasteiger partial charge in [0, 0.05) is 12.1 Å². The highest BCUT2D eigenvalue weighted by Crippen LogP contribution is 2.40. The standard InChI is InChI=1S/C7H13N/c1-7-4-2-3-6(7)5-8-7/h6,8H,2-5H2,1H3/t6-,7-/m0/s1. The molecule has 2 fully saturated rings. The summed E-state index contributed by atoms with van der Waals surface area (Å²) in [4.78, 5) is 0.